The van der Waals surface area contributed by atoms with Crippen LogP contribution in [0.1, 0.15) is 55.5 Å². The largest absolute Gasteiger partial charge is 0.478 e. The van der Waals surface area contributed by atoms with Gasteiger partial charge in [-0.3, -0.25) is 9.59 Å². The summed E-state index contributed by atoms with van der Waals surface area (Å²) >= 11 is 5.67. The Morgan fingerprint density at radius 2 is 1.80 bits per heavy atom. The predicted octanol–water partition coefficient (Wildman–Crippen LogP) is 4.33. The third kappa shape index (κ3) is 5.32. The van der Waals surface area contributed by atoms with Gasteiger partial charge >= 0.3 is 6.18 Å². The highest BCUT2D eigenvalue weighted by molar-refractivity contribution is 6.31. The lowest BCUT2D eigenvalue weighted by atomic mass is 9.96. The van der Waals surface area contributed by atoms with E-state index in [1.165, 1.54) is 26.1 Å². The van der Waals surface area contributed by atoms with Crippen LogP contribution in [0.15, 0.2) is 36.5 Å². The molecule has 7 nitrogen and oxygen atoms in total. The van der Waals surface area contributed by atoms with Crippen LogP contribution in [0.4, 0.5) is 19.0 Å². The highest BCUT2D eigenvalue weighted by Crippen LogP contribution is 2.39. The van der Waals surface area contributed by atoms with E-state index in [-0.39, 0.29) is 23.9 Å². The number of aromatic nitrogens is 1. The van der Waals surface area contributed by atoms with Crippen LogP contribution in [0.2, 0.25) is 5.02 Å². The topological polar surface area (TPSA) is 97.5 Å². The molecule has 4 rings (SSSR count). The first-order valence-electron chi connectivity index (χ1n) is 11.3. The molecule has 2 saturated heterocycles. The number of hydrogen-bond acceptors (Lipinski definition) is 5. The monoisotopic (exact) mass is 510 g/mol. The normalized spacial score (nSPS) is 22.1. The summed E-state index contributed by atoms with van der Waals surface area (Å²) in [5.41, 5.74) is 3.21. The lowest BCUT2D eigenvalue weighted by Crippen LogP contribution is -2.55. The Morgan fingerprint density at radius 1 is 1.14 bits per heavy atom. The number of pyridine rings is 1. The number of carbonyl (C=O) groups is 2. The predicted molar refractivity (Wildman–Crippen MR) is 124 cm³/mol. The molecule has 0 aliphatic carbocycles. The second-order valence-corrected chi connectivity index (χ2v) is 9.86. The van der Waals surface area contributed by atoms with Crippen LogP contribution in [-0.2, 0) is 11.0 Å². The second-order valence-electron chi connectivity index (χ2n) is 9.46. The Hall–Kier alpha value is -3.01. The van der Waals surface area contributed by atoms with Gasteiger partial charge in [-0.25, -0.2) is 4.98 Å². The Labute approximate surface area is 205 Å². The number of hydrogen-bond donors (Lipinski definition) is 2. The molecule has 2 amide bonds. The standard InChI is InChI=1S/C24H26ClF3N4O3/c1-23(2,35-17-6-7-19(25)18(11-17)24(26,27)28)22(34)31-14-9-15-4-5-16(10-14)32(15)20-8-3-13(12-30-20)21(29)33/h3,6-8,11-12,14-16H,4-5,9-10H2,1-2H3,(H2,29,33)(H,31,34). The van der Waals surface area contributed by atoms with E-state index in [0.29, 0.717) is 18.4 Å². The number of anilines is 1. The number of primary amides is 1. The molecule has 0 spiro atoms. The number of alkyl halides is 3. The Kier molecular flexibility index (Phi) is 6.61. The molecule has 2 bridgehead atoms. The zero-order chi connectivity index (χ0) is 25.5. The summed E-state index contributed by atoms with van der Waals surface area (Å²) in [4.78, 5) is 30.9. The molecule has 0 radical (unpaired) electrons. The number of nitrogens with two attached hydrogens (primary N) is 1. The average Bonchev–Trinajstić information content (AvgIpc) is 3.04. The summed E-state index contributed by atoms with van der Waals surface area (Å²) in [7, 11) is 0. The van der Waals surface area contributed by atoms with E-state index in [0.717, 1.165) is 30.8 Å². The minimum absolute atomic E-state index is 0.0951. The number of fused-ring (bicyclic) bond motifs is 2. The molecule has 3 heterocycles. The van der Waals surface area contributed by atoms with Gasteiger partial charge in [0.25, 0.3) is 5.91 Å². The maximum Gasteiger partial charge on any atom is 0.417 e. The highest BCUT2D eigenvalue weighted by Gasteiger charge is 2.43. The Bertz CT molecular complexity index is 1110. The number of nitrogens with one attached hydrogen (secondary N) is 1. The van der Waals surface area contributed by atoms with Crippen LogP contribution in [-0.4, -0.2) is 40.5 Å². The summed E-state index contributed by atoms with van der Waals surface area (Å²) in [6, 6.07) is 6.86. The molecular weight excluding hydrogens is 485 g/mol. The van der Waals surface area contributed by atoms with Gasteiger partial charge in [0.2, 0.25) is 5.91 Å². The SMILES string of the molecule is CC(C)(Oc1ccc(Cl)c(C(F)(F)F)c1)C(=O)NC1CC2CCC(C1)N2c1ccc(C(N)=O)cn1. The molecule has 3 N–H and O–H groups in total. The number of piperidine rings is 1. The fourth-order valence-corrected chi connectivity index (χ4v) is 5.06. The van der Waals surface area contributed by atoms with Crippen molar-refractivity contribution in [1.29, 1.82) is 0 Å². The smallest absolute Gasteiger partial charge is 0.417 e. The number of rotatable bonds is 6. The number of amides is 2. The third-order valence-electron chi connectivity index (χ3n) is 6.53. The van der Waals surface area contributed by atoms with Gasteiger partial charge in [0, 0.05) is 24.3 Å². The molecule has 1 aromatic carbocycles. The first-order valence-corrected chi connectivity index (χ1v) is 11.6. The van der Waals surface area contributed by atoms with Crippen molar-refractivity contribution < 1.29 is 27.5 Å². The van der Waals surface area contributed by atoms with Crippen LogP contribution >= 0.6 is 11.6 Å². The lowest BCUT2D eigenvalue weighted by Gasteiger charge is -2.40. The van der Waals surface area contributed by atoms with Gasteiger partial charge < -0.3 is 20.7 Å². The van der Waals surface area contributed by atoms with E-state index in [9.17, 15) is 22.8 Å². The van der Waals surface area contributed by atoms with Gasteiger partial charge in [-0.05, 0) is 69.9 Å². The first kappa shape index (κ1) is 25.1. The van der Waals surface area contributed by atoms with Crippen LogP contribution in [0.3, 0.4) is 0 Å². The van der Waals surface area contributed by atoms with Crippen molar-refractivity contribution in [3.8, 4) is 5.75 Å². The molecule has 35 heavy (non-hydrogen) atoms. The molecule has 0 saturated carbocycles. The molecule has 2 aromatic rings. The van der Waals surface area contributed by atoms with Crippen LogP contribution in [0.25, 0.3) is 0 Å². The quantitative estimate of drug-likeness (QED) is 0.603. The second kappa shape index (κ2) is 9.22. The van der Waals surface area contributed by atoms with Gasteiger partial charge in [-0.1, -0.05) is 11.6 Å². The maximum atomic E-state index is 13.2. The van der Waals surface area contributed by atoms with E-state index in [1.54, 1.807) is 12.1 Å². The molecule has 11 heteroatoms. The van der Waals surface area contributed by atoms with Gasteiger partial charge in [0.05, 0.1) is 16.1 Å². The zero-order valence-electron chi connectivity index (χ0n) is 19.2. The molecular formula is C24H26ClF3N4O3. The van der Waals surface area contributed by atoms with E-state index in [4.69, 9.17) is 22.1 Å². The highest BCUT2D eigenvalue weighted by atomic mass is 35.5. The minimum Gasteiger partial charge on any atom is -0.478 e. The number of ether oxygens (including phenoxy) is 1. The van der Waals surface area contributed by atoms with Gasteiger partial charge in [0.15, 0.2) is 5.60 Å². The third-order valence-corrected chi connectivity index (χ3v) is 6.86. The number of nitrogens with zero attached hydrogens (tertiary/aromatic N) is 2. The zero-order valence-corrected chi connectivity index (χ0v) is 20.0. The van der Waals surface area contributed by atoms with Crippen LogP contribution in [0.5, 0.6) is 5.75 Å². The van der Waals surface area contributed by atoms with E-state index >= 15 is 0 Å². The van der Waals surface area contributed by atoms with Crippen molar-refractivity contribution in [3.63, 3.8) is 0 Å². The number of benzene rings is 1. The molecule has 2 unspecified atom stereocenters. The lowest BCUT2D eigenvalue weighted by molar-refractivity contribution is -0.137. The van der Waals surface area contributed by atoms with Crippen LogP contribution < -0.4 is 20.7 Å². The van der Waals surface area contributed by atoms with Crippen LogP contribution in [0, 0.1) is 0 Å². The first-order chi connectivity index (χ1) is 16.3. The molecule has 2 aliphatic rings. The van der Waals surface area contributed by atoms with Crippen molar-refractivity contribution in [2.45, 2.75) is 69.4 Å². The minimum atomic E-state index is -4.63. The summed E-state index contributed by atoms with van der Waals surface area (Å²) in [6.45, 7) is 3.02. The molecule has 2 fully saturated rings. The summed E-state index contributed by atoms with van der Waals surface area (Å²) < 4.78 is 45.2. The maximum absolute atomic E-state index is 13.2. The van der Waals surface area contributed by atoms with Crippen molar-refractivity contribution >= 4 is 29.2 Å². The van der Waals surface area contributed by atoms with Crippen molar-refractivity contribution in [1.82, 2.24) is 10.3 Å². The molecule has 2 aliphatic heterocycles. The van der Waals surface area contributed by atoms with Gasteiger partial charge in [-0.15, -0.1) is 0 Å². The van der Waals surface area contributed by atoms with Gasteiger partial charge in [0.1, 0.15) is 11.6 Å². The fourth-order valence-electron chi connectivity index (χ4n) is 4.84. The number of carbonyl (C=O) groups excluding carboxylic acids is 2. The van der Waals surface area contributed by atoms with Gasteiger partial charge in [-0.2, -0.15) is 13.2 Å². The summed E-state index contributed by atoms with van der Waals surface area (Å²) in [6.07, 6.45) is 0.104. The van der Waals surface area contributed by atoms with E-state index in [1.807, 2.05) is 0 Å². The Morgan fingerprint density at radius 3 is 2.34 bits per heavy atom. The summed E-state index contributed by atoms with van der Waals surface area (Å²) in [5, 5.41) is 2.58. The van der Waals surface area contributed by atoms with Crippen molar-refractivity contribution in [2.75, 3.05) is 4.90 Å². The molecule has 1 aromatic heterocycles. The summed E-state index contributed by atoms with van der Waals surface area (Å²) in [5.74, 6) is -0.282. The Balaban J connectivity index is 1.40. The molecule has 2 atom stereocenters. The van der Waals surface area contributed by atoms with Crippen molar-refractivity contribution in [3.05, 3.63) is 52.7 Å². The molecule has 188 valence electrons. The number of halogens is 4. The fraction of sp³-hybridized carbons (Fsp3) is 0.458. The van der Waals surface area contributed by atoms with E-state index < -0.39 is 34.2 Å². The average molecular weight is 511 g/mol. The van der Waals surface area contributed by atoms with E-state index in [2.05, 4.69) is 15.2 Å². The van der Waals surface area contributed by atoms with Crippen molar-refractivity contribution in [2.24, 2.45) is 5.73 Å².